The number of amides is 4. The zero-order valence-electron chi connectivity index (χ0n) is 16.9. The van der Waals surface area contributed by atoms with Gasteiger partial charge in [0, 0.05) is 12.1 Å². The van der Waals surface area contributed by atoms with Gasteiger partial charge in [-0.05, 0) is 38.5 Å². The van der Waals surface area contributed by atoms with Crippen molar-refractivity contribution in [2.75, 3.05) is 18.1 Å². The summed E-state index contributed by atoms with van der Waals surface area (Å²) in [5, 5.41) is 2.86. The van der Waals surface area contributed by atoms with Gasteiger partial charge < -0.3 is 10.2 Å². The van der Waals surface area contributed by atoms with Crippen LogP contribution in [0.2, 0.25) is 0 Å². The molecule has 2 heterocycles. The maximum atomic E-state index is 13.1. The fourth-order valence-corrected chi connectivity index (χ4v) is 6.57. The standard InChI is InChI=1S/C19H31N3O5S/c1-4-14(3)22(15-8-10-28(26,27)12-15)16(23)11-21-17(24)19(20-18(21)25)9-6-5-7-13(19)2/h13-15H,4-12H2,1-3H3,(H,20,25)/t13-,14+,15-,19-/m0/s1. The van der Waals surface area contributed by atoms with Gasteiger partial charge >= 0.3 is 6.03 Å². The third kappa shape index (κ3) is 3.65. The summed E-state index contributed by atoms with van der Waals surface area (Å²) in [6.45, 7) is 5.44. The number of imide groups is 1. The predicted molar refractivity (Wildman–Crippen MR) is 104 cm³/mol. The Morgan fingerprint density at radius 3 is 2.61 bits per heavy atom. The minimum atomic E-state index is -3.15. The van der Waals surface area contributed by atoms with Crippen LogP contribution in [0.3, 0.4) is 0 Å². The number of hydrogen-bond acceptors (Lipinski definition) is 5. The fraction of sp³-hybridized carbons (Fsp3) is 0.842. The number of nitrogens with zero attached hydrogens (tertiary/aromatic N) is 2. The van der Waals surface area contributed by atoms with E-state index in [4.69, 9.17) is 0 Å². The van der Waals surface area contributed by atoms with Crippen molar-refractivity contribution >= 4 is 27.7 Å². The lowest BCUT2D eigenvalue weighted by molar-refractivity contribution is -0.142. The molecule has 1 N–H and O–H groups in total. The number of carbonyl (C=O) groups excluding carboxylic acids is 3. The number of nitrogens with one attached hydrogen (secondary N) is 1. The molecule has 0 aromatic heterocycles. The summed E-state index contributed by atoms with van der Waals surface area (Å²) in [7, 11) is -3.15. The first-order chi connectivity index (χ1) is 13.1. The average molecular weight is 414 g/mol. The molecule has 1 saturated carbocycles. The van der Waals surface area contributed by atoms with Gasteiger partial charge in [-0.2, -0.15) is 0 Å². The Morgan fingerprint density at radius 2 is 2.04 bits per heavy atom. The van der Waals surface area contributed by atoms with Crippen molar-refractivity contribution in [1.82, 2.24) is 15.1 Å². The summed E-state index contributed by atoms with van der Waals surface area (Å²) in [6, 6.07) is -1.07. The monoisotopic (exact) mass is 413 g/mol. The maximum Gasteiger partial charge on any atom is 0.325 e. The van der Waals surface area contributed by atoms with Crippen molar-refractivity contribution < 1.29 is 22.8 Å². The van der Waals surface area contributed by atoms with Crippen LogP contribution in [-0.4, -0.2) is 71.7 Å². The van der Waals surface area contributed by atoms with E-state index in [1.165, 1.54) is 0 Å². The molecule has 3 aliphatic rings. The van der Waals surface area contributed by atoms with E-state index < -0.39 is 27.4 Å². The minimum Gasteiger partial charge on any atom is -0.334 e. The third-order valence-electron chi connectivity index (χ3n) is 6.75. The molecule has 0 bridgehead atoms. The molecular formula is C19H31N3O5S. The van der Waals surface area contributed by atoms with Crippen molar-refractivity contribution in [1.29, 1.82) is 0 Å². The van der Waals surface area contributed by atoms with Crippen LogP contribution in [0.15, 0.2) is 0 Å². The van der Waals surface area contributed by atoms with E-state index in [-0.39, 0.29) is 41.8 Å². The highest BCUT2D eigenvalue weighted by Gasteiger charge is 2.55. The predicted octanol–water partition coefficient (Wildman–Crippen LogP) is 1.30. The van der Waals surface area contributed by atoms with Crippen molar-refractivity contribution in [3.63, 3.8) is 0 Å². The molecule has 0 unspecified atom stereocenters. The van der Waals surface area contributed by atoms with Gasteiger partial charge in [0.2, 0.25) is 5.91 Å². The summed E-state index contributed by atoms with van der Waals surface area (Å²) >= 11 is 0. The van der Waals surface area contributed by atoms with Crippen molar-refractivity contribution in [2.24, 2.45) is 5.92 Å². The lowest BCUT2D eigenvalue weighted by Crippen LogP contribution is -2.55. The second-order valence-corrected chi connectivity index (χ2v) is 10.8. The van der Waals surface area contributed by atoms with Crippen LogP contribution in [0.1, 0.15) is 59.3 Å². The molecule has 1 spiro atoms. The van der Waals surface area contributed by atoms with Crippen LogP contribution >= 0.6 is 0 Å². The fourth-order valence-electron chi connectivity index (χ4n) is 4.86. The highest BCUT2D eigenvalue weighted by atomic mass is 32.2. The average Bonchev–Trinajstić information content (AvgIpc) is 3.10. The number of hydrogen-bond donors (Lipinski definition) is 1. The lowest BCUT2D eigenvalue weighted by Gasteiger charge is -2.37. The Bertz CT molecular complexity index is 768. The second kappa shape index (κ2) is 7.65. The smallest absolute Gasteiger partial charge is 0.325 e. The van der Waals surface area contributed by atoms with Gasteiger partial charge in [-0.15, -0.1) is 0 Å². The summed E-state index contributed by atoms with van der Waals surface area (Å²) in [6.07, 6.45) is 4.44. The summed E-state index contributed by atoms with van der Waals surface area (Å²) < 4.78 is 23.8. The van der Waals surface area contributed by atoms with Gasteiger partial charge in [-0.25, -0.2) is 13.2 Å². The molecule has 1 aliphatic carbocycles. The van der Waals surface area contributed by atoms with Crippen molar-refractivity contribution in [3.05, 3.63) is 0 Å². The van der Waals surface area contributed by atoms with E-state index in [9.17, 15) is 22.8 Å². The Hall–Kier alpha value is -1.64. The number of sulfone groups is 1. The maximum absolute atomic E-state index is 13.1. The molecule has 0 aromatic carbocycles. The first-order valence-electron chi connectivity index (χ1n) is 10.3. The van der Waals surface area contributed by atoms with Crippen LogP contribution in [0.5, 0.6) is 0 Å². The van der Waals surface area contributed by atoms with Crippen molar-refractivity contribution in [2.45, 2.75) is 76.9 Å². The Morgan fingerprint density at radius 1 is 1.32 bits per heavy atom. The number of carbonyl (C=O) groups is 3. The van der Waals surface area contributed by atoms with E-state index in [2.05, 4.69) is 5.32 Å². The van der Waals surface area contributed by atoms with Crippen molar-refractivity contribution in [3.8, 4) is 0 Å². The molecule has 9 heteroatoms. The van der Waals surface area contributed by atoms with Gasteiger partial charge in [-0.1, -0.05) is 26.7 Å². The molecular weight excluding hydrogens is 382 g/mol. The molecule has 3 rings (SSSR count). The summed E-state index contributed by atoms with van der Waals surface area (Å²) in [5.41, 5.74) is -0.895. The molecule has 158 valence electrons. The zero-order valence-corrected chi connectivity index (χ0v) is 17.8. The molecule has 28 heavy (non-hydrogen) atoms. The topological polar surface area (TPSA) is 104 Å². The molecule has 2 aliphatic heterocycles. The first-order valence-corrected chi connectivity index (χ1v) is 12.1. The second-order valence-electron chi connectivity index (χ2n) is 8.55. The van der Waals surface area contributed by atoms with E-state index in [0.29, 0.717) is 19.3 Å². The zero-order chi connectivity index (χ0) is 20.7. The SMILES string of the molecule is CC[C@@H](C)N(C(=O)CN1C(=O)N[C@]2(CCCC[C@@H]2C)C1=O)[C@H]1CCS(=O)(=O)C1. The quantitative estimate of drug-likeness (QED) is 0.684. The summed E-state index contributed by atoms with van der Waals surface area (Å²) in [4.78, 5) is 41.4. The normalized spacial score (nSPS) is 33.2. The van der Waals surface area contributed by atoms with Crippen LogP contribution < -0.4 is 5.32 Å². The molecule has 2 saturated heterocycles. The number of rotatable bonds is 5. The molecule has 3 fully saturated rings. The first kappa shape index (κ1) is 21.1. The summed E-state index contributed by atoms with van der Waals surface area (Å²) in [5.74, 6) is -0.628. The lowest BCUT2D eigenvalue weighted by atomic mass is 9.73. The van der Waals surface area contributed by atoms with Crippen LogP contribution in [0.4, 0.5) is 4.79 Å². The van der Waals surface area contributed by atoms with Crippen LogP contribution in [0, 0.1) is 5.92 Å². The van der Waals surface area contributed by atoms with E-state index in [1.54, 1.807) is 4.90 Å². The van der Waals surface area contributed by atoms with Gasteiger partial charge in [0.15, 0.2) is 9.84 Å². The molecule has 4 amide bonds. The van der Waals surface area contributed by atoms with Gasteiger partial charge in [0.05, 0.1) is 11.5 Å². The van der Waals surface area contributed by atoms with Gasteiger partial charge in [-0.3, -0.25) is 14.5 Å². The van der Waals surface area contributed by atoms with Gasteiger partial charge in [0.1, 0.15) is 12.1 Å². The highest BCUT2D eigenvalue weighted by Crippen LogP contribution is 2.38. The molecule has 0 aromatic rings. The van der Waals surface area contributed by atoms with E-state index >= 15 is 0 Å². The highest BCUT2D eigenvalue weighted by molar-refractivity contribution is 7.91. The van der Waals surface area contributed by atoms with Gasteiger partial charge in [0.25, 0.3) is 5.91 Å². The third-order valence-corrected chi connectivity index (χ3v) is 8.50. The van der Waals surface area contributed by atoms with E-state index in [1.807, 2.05) is 20.8 Å². The van der Waals surface area contributed by atoms with E-state index in [0.717, 1.165) is 24.2 Å². The Kier molecular flexibility index (Phi) is 5.76. The Balaban J connectivity index is 1.78. The Labute approximate surface area is 166 Å². The minimum absolute atomic E-state index is 0.0310. The molecule has 8 nitrogen and oxygen atoms in total. The molecule has 0 radical (unpaired) electrons. The largest absolute Gasteiger partial charge is 0.334 e. The number of urea groups is 1. The van der Waals surface area contributed by atoms with Crippen LogP contribution in [-0.2, 0) is 19.4 Å². The van der Waals surface area contributed by atoms with Crippen LogP contribution in [0.25, 0.3) is 0 Å². The molecule has 4 atom stereocenters.